The molecule has 2 atom stereocenters. The van der Waals surface area contributed by atoms with Crippen LogP contribution < -0.4 is 10.1 Å². The fraction of sp³-hybridized carbons (Fsp3) is 0.312. The maximum atomic E-state index is 13.9. The van der Waals surface area contributed by atoms with Gasteiger partial charge in [-0.05, 0) is 18.2 Å². The van der Waals surface area contributed by atoms with Gasteiger partial charge in [-0.15, -0.1) is 0 Å². The molecule has 0 spiro atoms. The largest absolute Gasteiger partial charge is 0.480 e. The topological polar surface area (TPSA) is 43.4 Å². The Balaban J connectivity index is 1.87. The third-order valence-corrected chi connectivity index (χ3v) is 3.45. The molecular formula is C16H16F2N2O2. The molecule has 2 aromatic rings. The molecule has 1 aliphatic heterocycles. The lowest BCUT2D eigenvalue weighted by Crippen LogP contribution is -2.43. The summed E-state index contributed by atoms with van der Waals surface area (Å²) < 4.78 is 38.4. The first kappa shape index (κ1) is 14.9. The molecule has 1 fully saturated rings. The highest BCUT2D eigenvalue weighted by Gasteiger charge is 2.28. The van der Waals surface area contributed by atoms with Gasteiger partial charge in [0.15, 0.2) is 17.7 Å². The predicted molar refractivity (Wildman–Crippen MR) is 76.6 cm³/mol. The minimum atomic E-state index is -0.738. The van der Waals surface area contributed by atoms with E-state index in [0.717, 1.165) is 18.2 Å². The van der Waals surface area contributed by atoms with Gasteiger partial charge in [-0.1, -0.05) is 6.07 Å². The SMILES string of the molecule is Fc1ccc(OC(c2cccnc2)C2CNCCO2)c(F)c1. The van der Waals surface area contributed by atoms with Crippen LogP contribution in [0.2, 0.25) is 0 Å². The number of ether oxygens (including phenoxy) is 2. The first-order chi connectivity index (χ1) is 10.7. The number of rotatable bonds is 4. The number of aromatic nitrogens is 1. The maximum absolute atomic E-state index is 13.9. The Morgan fingerprint density at radius 2 is 2.23 bits per heavy atom. The first-order valence-electron chi connectivity index (χ1n) is 7.08. The van der Waals surface area contributed by atoms with Gasteiger partial charge in [0.1, 0.15) is 11.9 Å². The molecule has 0 bridgehead atoms. The number of pyridine rings is 1. The number of benzene rings is 1. The first-order valence-corrected chi connectivity index (χ1v) is 7.08. The maximum Gasteiger partial charge on any atom is 0.168 e. The third-order valence-electron chi connectivity index (χ3n) is 3.45. The quantitative estimate of drug-likeness (QED) is 0.942. The molecule has 116 valence electrons. The van der Waals surface area contributed by atoms with E-state index in [0.29, 0.717) is 13.2 Å². The summed E-state index contributed by atoms with van der Waals surface area (Å²) in [5.41, 5.74) is 0.778. The van der Waals surface area contributed by atoms with Gasteiger partial charge in [0, 0.05) is 37.1 Å². The lowest BCUT2D eigenvalue weighted by atomic mass is 10.1. The number of hydrogen-bond acceptors (Lipinski definition) is 4. The molecule has 1 aromatic carbocycles. The second-order valence-electron chi connectivity index (χ2n) is 5.01. The van der Waals surface area contributed by atoms with Crippen LogP contribution in [0.3, 0.4) is 0 Å². The van der Waals surface area contributed by atoms with E-state index in [2.05, 4.69) is 10.3 Å². The minimum Gasteiger partial charge on any atom is -0.480 e. The molecule has 3 rings (SSSR count). The summed E-state index contributed by atoms with van der Waals surface area (Å²) in [5.74, 6) is -1.39. The van der Waals surface area contributed by atoms with Crippen molar-refractivity contribution in [1.82, 2.24) is 10.3 Å². The Kier molecular flexibility index (Phi) is 4.60. The summed E-state index contributed by atoms with van der Waals surface area (Å²) >= 11 is 0. The summed E-state index contributed by atoms with van der Waals surface area (Å²) in [6, 6.07) is 6.87. The van der Waals surface area contributed by atoms with E-state index >= 15 is 0 Å². The van der Waals surface area contributed by atoms with Gasteiger partial charge in [-0.2, -0.15) is 0 Å². The summed E-state index contributed by atoms with van der Waals surface area (Å²) in [5, 5.41) is 3.22. The Labute approximate surface area is 127 Å². The van der Waals surface area contributed by atoms with Crippen molar-refractivity contribution in [2.24, 2.45) is 0 Å². The van der Waals surface area contributed by atoms with Crippen molar-refractivity contribution in [2.75, 3.05) is 19.7 Å². The van der Waals surface area contributed by atoms with E-state index in [1.807, 2.05) is 6.07 Å². The minimum absolute atomic E-state index is 0.00979. The van der Waals surface area contributed by atoms with Gasteiger partial charge in [0.05, 0.1) is 6.61 Å². The van der Waals surface area contributed by atoms with Crippen LogP contribution in [0.1, 0.15) is 11.7 Å². The zero-order chi connectivity index (χ0) is 15.4. The van der Waals surface area contributed by atoms with Crippen LogP contribution in [-0.2, 0) is 4.74 Å². The number of nitrogens with one attached hydrogen (secondary N) is 1. The number of nitrogens with zero attached hydrogens (tertiary/aromatic N) is 1. The summed E-state index contributed by atoms with van der Waals surface area (Å²) in [7, 11) is 0. The highest BCUT2D eigenvalue weighted by Crippen LogP contribution is 2.29. The molecular weight excluding hydrogens is 290 g/mol. The molecule has 1 saturated heterocycles. The van der Waals surface area contributed by atoms with Gasteiger partial charge in [0.2, 0.25) is 0 Å². The molecule has 0 amide bonds. The van der Waals surface area contributed by atoms with Crippen molar-refractivity contribution in [2.45, 2.75) is 12.2 Å². The molecule has 1 aromatic heterocycles. The van der Waals surface area contributed by atoms with Crippen molar-refractivity contribution < 1.29 is 18.3 Å². The van der Waals surface area contributed by atoms with Gasteiger partial charge in [0.25, 0.3) is 0 Å². The molecule has 2 unspecified atom stereocenters. The Hall–Kier alpha value is -2.05. The van der Waals surface area contributed by atoms with Crippen molar-refractivity contribution in [3.63, 3.8) is 0 Å². The van der Waals surface area contributed by atoms with Gasteiger partial charge in [-0.3, -0.25) is 4.98 Å². The molecule has 0 aliphatic carbocycles. The van der Waals surface area contributed by atoms with E-state index in [9.17, 15) is 8.78 Å². The van der Waals surface area contributed by atoms with Crippen LogP contribution in [0.15, 0.2) is 42.7 Å². The third kappa shape index (κ3) is 3.40. The molecule has 1 N–H and O–H groups in total. The van der Waals surface area contributed by atoms with E-state index in [1.54, 1.807) is 18.5 Å². The predicted octanol–water partition coefficient (Wildman–Crippen LogP) is 2.47. The molecule has 0 radical (unpaired) electrons. The fourth-order valence-corrected chi connectivity index (χ4v) is 2.39. The Morgan fingerprint density at radius 1 is 1.32 bits per heavy atom. The van der Waals surface area contributed by atoms with Crippen LogP contribution >= 0.6 is 0 Å². The van der Waals surface area contributed by atoms with E-state index in [1.165, 1.54) is 12.1 Å². The number of hydrogen-bond donors (Lipinski definition) is 1. The van der Waals surface area contributed by atoms with Crippen LogP contribution in [0.25, 0.3) is 0 Å². The normalized spacial score (nSPS) is 19.6. The number of halogens is 2. The Morgan fingerprint density at radius 3 is 2.91 bits per heavy atom. The van der Waals surface area contributed by atoms with Crippen molar-refractivity contribution in [3.05, 3.63) is 59.9 Å². The van der Waals surface area contributed by atoms with Crippen molar-refractivity contribution in [1.29, 1.82) is 0 Å². The van der Waals surface area contributed by atoms with Crippen molar-refractivity contribution >= 4 is 0 Å². The van der Waals surface area contributed by atoms with Gasteiger partial charge >= 0.3 is 0 Å². The van der Waals surface area contributed by atoms with Gasteiger partial charge < -0.3 is 14.8 Å². The number of morpholine rings is 1. The van der Waals surface area contributed by atoms with Crippen LogP contribution in [0.4, 0.5) is 8.78 Å². The van der Waals surface area contributed by atoms with E-state index in [4.69, 9.17) is 9.47 Å². The molecule has 2 heterocycles. The summed E-state index contributed by atoms with van der Waals surface area (Å²) in [6.07, 6.45) is 2.51. The average Bonchev–Trinajstić information content (AvgIpc) is 2.56. The fourth-order valence-electron chi connectivity index (χ4n) is 2.39. The standard InChI is InChI=1S/C16H16F2N2O2/c17-12-3-4-14(13(18)8-12)22-16(11-2-1-5-19-9-11)15-10-20-6-7-21-15/h1-5,8-9,15-16,20H,6-7,10H2. The van der Waals surface area contributed by atoms with E-state index in [-0.39, 0.29) is 11.9 Å². The van der Waals surface area contributed by atoms with Crippen molar-refractivity contribution in [3.8, 4) is 5.75 Å². The second kappa shape index (κ2) is 6.81. The van der Waals surface area contributed by atoms with Crippen LogP contribution in [0.5, 0.6) is 5.75 Å². The molecule has 0 saturated carbocycles. The zero-order valence-corrected chi connectivity index (χ0v) is 11.8. The second-order valence-corrected chi connectivity index (χ2v) is 5.01. The molecule has 6 heteroatoms. The summed E-state index contributed by atoms with van der Waals surface area (Å²) in [4.78, 5) is 4.07. The molecule has 4 nitrogen and oxygen atoms in total. The lowest BCUT2D eigenvalue weighted by Gasteiger charge is -2.31. The highest BCUT2D eigenvalue weighted by molar-refractivity contribution is 5.27. The Bertz CT molecular complexity index is 619. The molecule has 1 aliphatic rings. The zero-order valence-electron chi connectivity index (χ0n) is 11.8. The van der Waals surface area contributed by atoms with Gasteiger partial charge in [-0.25, -0.2) is 8.78 Å². The van der Waals surface area contributed by atoms with E-state index < -0.39 is 17.7 Å². The smallest absolute Gasteiger partial charge is 0.168 e. The summed E-state index contributed by atoms with van der Waals surface area (Å²) in [6.45, 7) is 1.90. The van der Waals surface area contributed by atoms with Crippen LogP contribution in [0, 0.1) is 11.6 Å². The highest BCUT2D eigenvalue weighted by atomic mass is 19.1. The lowest BCUT2D eigenvalue weighted by molar-refractivity contribution is -0.0443. The average molecular weight is 306 g/mol. The monoisotopic (exact) mass is 306 g/mol. The molecule has 22 heavy (non-hydrogen) atoms. The van der Waals surface area contributed by atoms with Crippen LogP contribution in [-0.4, -0.2) is 30.8 Å².